The lowest BCUT2D eigenvalue weighted by Crippen LogP contribution is -2.54. The Labute approximate surface area is 389 Å². The summed E-state index contributed by atoms with van der Waals surface area (Å²) in [5.74, 6) is -3.77. The molecule has 1 amide bonds. The van der Waals surface area contributed by atoms with Gasteiger partial charge in [0.25, 0.3) is 21.7 Å². The average molecular weight is 949 g/mol. The minimum absolute atomic E-state index is 0.00687. The van der Waals surface area contributed by atoms with E-state index in [9.17, 15) is 53.4 Å². The summed E-state index contributed by atoms with van der Waals surface area (Å²) in [4.78, 5) is 129. The highest BCUT2D eigenvalue weighted by Gasteiger charge is 2.33. The Morgan fingerprint density at radius 1 is 0.433 bits per heavy atom. The summed E-state index contributed by atoms with van der Waals surface area (Å²) in [7, 11) is 2.56. The summed E-state index contributed by atoms with van der Waals surface area (Å²) in [6, 6.07) is 0. The lowest BCUT2D eigenvalue weighted by Gasteiger charge is -2.37. The topological polar surface area (TPSA) is 257 Å². The molecule has 2 saturated heterocycles. The quantitative estimate of drug-likeness (QED) is 0.146. The molecule has 0 radical (unpaired) electrons. The first-order chi connectivity index (χ1) is 31.4. The van der Waals surface area contributed by atoms with Gasteiger partial charge in [0.2, 0.25) is 5.91 Å². The molecule has 2 aromatic carbocycles. The van der Waals surface area contributed by atoms with Crippen LogP contribution in [0.1, 0.15) is 41.5 Å². The molecule has 0 atom stereocenters. The van der Waals surface area contributed by atoms with Crippen molar-refractivity contribution in [3.8, 4) is 11.5 Å². The number of carbonyl (C=O) groups excluding carboxylic acids is 3. The van der Waals surface area contributed by atoms with Gasteiger partial charge in [-0.3, -0.25) is 67.7 Å². The summed E-state index contributed by atoms with van der Waals surface area (Å²) in [6.07, 6.45) is 0. The van der Waals surface area contributed by atoms with Crippen molar-refractivity contribution in [1.82, 2.24) is 29.4 Å². The Balaban J connectivity index is 1.68. The van der Waals surface area contributed by atoms with Crippen molar-refractivity contribution >= 4 is 41.2 Å². The molecular weight excluding hydrogens is 881 g/mol. The van der Waals surface area contributed by atoms with E-state index in [1.54, 1.807) is 70.9 Å². The van der Waals surface area contributed by atoms with Crippen molar-refractivity contribution in [2.24, 2.45) is 0 Å². The van der Waals surface area contributed by atoms with Gasteiger partial charge in [-0.15, -0.1) is 0 Å². The molecule has 0 aliphatic carbocycles. The maximum absolute atomic E-state index is 14.7. The maximum Gasteiger partial charge on any atom is 0.320 e. The molecule has 2 aliphatic heterocycles. The Bertz CT molecular complexity index is 2110. The third-order valence-corrected chi connectivity index (χ3v) is 11.3. The van der Waals surface area contributed by atoms with E-state index in [1.165, 1.54) is 14.2 Å². The van der Waals surface area contributed by atoms with Gasteiger partial charge in [-0.25, -0.2) is 0 Å². The standard InChI is InChI=1S/C44H68N8O15/c1-43(2,3)66-33(58)28-48-15-10-45(9-11-46(26-31(54)55)12-13-47(14-16-48)27-32(56)57)25-30(53)50-21-23-51(35-37(60)39(62)41(35)64-7)19-17-49(29-34(59)67-44(4,5)6)18-20-52(24-22-50)36-38(61)40(63)42(36)65-8/h9-29H2,1-8H3,(H,54,55)(H,56,57). The van der Waals surface area contributed by atoms with Gasteiger partial charge in [0.1, 0.15) is 22.6 Å². The molecule has 0 bridgehead atoms. The summed E-state index contributed by atoms with van der Waals surface area (Å²) in [5.41, 5.74) is -4.56. The molecule has 0 aromatic heterocycles. The summed E-state index contributed by atoms with van der Waals surface area (Å²) < 4.78 is 21.8. The Morgan fingerprint density at radius 3 is 1.01 bits per heavy atom. The van der Waals surface area contributed by atoms with Crippen LogP contribution in [0.2, 0.25) is 0 Å². The van der Waals surface area contributed by atoms with E-state index in [1.807, 2.05) is 9.80 Å². The van der Waals surface area contributed by atoms with E-state index in [0.717, 1.165) is 0 Å². The van der Waals surface area contributed by atoms with E-state index in [2.05, 4.69) is 0 Å². The maximum atomic E-state index is 14.7. The first kappa shape index (κ1) is 54.1. The zero-order valence-electron chi connectivity index (χ0n) is 40.1. The van der Waals surface area contributed by atoms with Crippen LogP contribution < -0.4 is 41.0 Å². The first-order valence-corrected chi connectivity index (χ1v) is 22.4. The molecule has 4 rings (SSSR count). The fraction of sp³-hybridized carbons (Fsp3) is 0.705. The molecule has 2 fully saturated rings. The lowest BCUT2D eigenvalue weighted by molar-refractivity contribution is -0.157. The molecule has 2 N–H and O–H groups in total. The largest absolute Gasteiger partial charge is 0.491 e. The number of carboxylic acid groups (broad SMARTS) is 2. The molecule has 0 saturated carbocycles. The number of rotatable bonds is 14. The third kappa shape index (κ3) is 16.4. The fourth-order valence-electron chi connectivity index (χ4n) is 7.98. The van der Waals surface area contributed by atoms with E-state index < -0.39 is 56.8 Å². The molecular formula is C44H68N8O15. The van der Waals surface area contributed by atoms with Gasteiger partial charge in [-0.1, -0.05) is 0 Å². The van der Waals surface area contributed by atoms with Gasteiger partial charge < -0.3 is 43.9 Å². The molecule has 67 heavy (non-hydrogen) atoms. The molecule has 374 valence electrons. The molecule has 23 heteroatoms. The van der Waals surface area contributed by atoms with Gasteiger partial charge in [0.15, 0.2) is 11.5 Å². The Morgan fingerprint density at radius 2 is 0.716 bits per heavy atom. The van der Waals surface area contributed by atoms with Crippen molar-refractivity contribution in [2.45, 2.75) is 52.7 Å². The van der Waals surface area contributed by atoms with E-state index in [4.69, 9.17) is 18.9 Å². The Kier molecular flexibility index (Phi) is 19.4. The number of ether oxygens (including phenoxy) is 4. The van der Waals surface area contributed by atoms with Crippen molar-refractivity contribution in [1.29, 1.82) is 0 Å². The van der Waals surface area contributed by atoms with Crippen molar-refractivity contribution < 1.29 is 53.1 Å². The molecule has 0 unspecified atom stereocenters. The van der Waals surface area contributed by atoms with Gasteiger partial charge in [-0.05, 0) is 41.5 Å². The predicted molar refractivity (Wildman–Crippen MR) is 246 cm³/mol. The van der Waals surface area contributed by atoms with Crippen LogP contribution in [0.3, 0.4) is 0 Å². The normalized spacial score (nSPS) is 18.4. The van der Waals surface area contributed by atoms with Gasteiger partial charge in [0.05, 0.1) is 46.9 Å². The van der Waals surface area contributed by atoms with Crippen LogP contribution in [-0.4, -0.2) is 232 Å². The van der Waals surface area contributed by atoms with Crippen molar-refractivity contribution in [2.75, 3.05) is 161 Å². The lowest BCUT2D eigenvalue weighted by atomic mass is 10.1. The third-order valence-electron chi connectivity index (χ3n) is 11.3. The molecule has 23 nitrogen and oxygen atoms in total. The fourth-order valence-corrected chi connectivity index (χ4v) is 7.98. The second kappa shape index (κ2) is 24.0. The van der Waals surface area contributed by atoms with Crippen LogP contribution in [-0.2, 0) is 33.4 Å². The summed E-state index contributed by atoms with van der Waals surface area (Å²) >= 11 is 0. The van der Waals surface area contributed by atoms with Crippen LogP contribution >= 0.6 is 0 Å². The van der Waals surface area contributed by atoms with Crippen LogP contribution in [0.4, 0.5) is 11.4 Å². The number of nitrogens with zero attached hydrogens (tertiary/aromatic N) is 8. The number of carbonyl (C=O) groups is 5. The molecule has 2 aliphatic rings. The monoisotopic (exact) mass is 948 g/mol. The summed E-state index contributed by atoms with van der Waals surface area (Å²) in [5, 5.41) is 19.4. The van der Waals surface area contributed by atoms with Gasteiger partial charge >= 0.3 is 23.9 Å². The zero-order chi connectivity index (χ0) is 49.8. The van der Waals surface area contributed by atoms with E-state index in [-0.39, 0.29) is 166 Å². The van der Waals surface area contributed by atoms with Crippen LogP contribution in [0.15, 0.2) is 19.2 Å². The smallest absolute Gasteiger partial charge is 0.320 e. The minimum Gasteiger partial charge on any atom is -0.491 e. The van der Waals surface area contributed by atoms with Crippen molar-refractivity contribution in [3.05, 3.63) is 40.9 Å². The molecule has 2 heterocycles. The highest BCUT2D eigenvalue weighted by molar-refractivity contribution is 5.78. The Hall–Kier alpha value is -5.49. The van der Waals surface area contributed by atoms with Crippen LogP contribution in [0.5, 0.6) is 11.5 Å². The van der Waals surface area contributed by atoms with Gasteiger partial charge in [-0.2, -0.15) is 0 Å². The average Bonchev–Trinajstić information content (AvgIpc) is 3.21. The van der Waals surface area contributed by atoms with Gasteiger partial charge in [0, 0.05) is 105 Å². The molecule has 2 aromatic rings. The number of aliphatic carboxylic acids is 2. The predicted octanol–water partition coefficient (Wildman–Crippen LogP) is -2.57. The highest BCUT2D eigenvalue weighted by Crippen LogP contribution is 2.24. The van der Waals surface area contributed by atoms with Crippen LogP contribution in [0, 0.1) is 0 Å². The second-order valence-corrected chi connectivity index (χ2v) is 18.8. The number of hydrogen-bond acceptors (Lipinski definition) is 20. The number of methoxy groups -OCH3 is 2. The SMILES string of the molecule is COc1c(N2CCN(CC(=O)OC(C)(C)C)CCN(c3c(OC)c(=O)c3=O)CCN(C(=O)CN3CCN(CC(=O)O)CCN(CC(=O)O)CCN(CC(=O)OC(C)(C)C)CC3)CC2)c(=O)c1=O. The number of amides is 1. The molecule has 0 spiro atoms. The highest BCUT2D eigenvalue weighted by atomic mass is 16.6. The first-order valence-electron chi connectivity index (χ1n) is 22.4. The number of hydrogen-bond donors (Lipinski definition) is 2. The zero-order valence-corrected chi connectivity index (χ0v) is 40.1. The number of carboxylic acids is 2. The second-order valence-electron chi connectivity index (χ2n) is 18.8. The van der Waals surface area contributed by atoms with Crippen LogP contribution in [0.25, 0.3) is 0 Å². The summed E-state index contributed by atoms with van der Waals surface area (Å²) in [6.45, 7) is 11.9. The van der Waals surface area contributed by atoms with E-state index in [0.29, 0.717) is 0 Å². The number of anilines is 2. The van der Waals surface area contributed by atoms with E-state index >= 15 is 0 Å². The minimum atomic E-state index is -1.08. The van der Waals surface area contributed by atoms with Crippen molar-refractivity contribution in [3.63, 3.8) is 0 Å². The number of esters is 2.